The van der Waals surface area contributed by atoms with Gasteiger partial charge in [-0.15, -0.1) is 0 Å². The molecule has 1 atom stereocenters. The number of carbonyl (C=O) groups is 2. The number of hydrogen-bond acceptors (Lipinski definition) is 7. The van der Waals surface area contributed by atoms with E-state index in [9.17, 15) is 18.0 Å². The third kappa shape index (κ3) is 8.72. The third-order valence-corrected chi connectivity index (χ3v) is 9.70. The van der Waals surface area contributed by atoms with E-state index in [0.29, 0.717) is 29.4 Å². The molecular weight excluding hydrogens is 606 g/mol. The maximum Gasteiger partial charge on any atom is 0.243 e. The normalized spacial score (nSPS) is 15.2. The zero-order valence-electron chi connectivity index (χ0n) is 26.5. The summed E-state index contributed by atoms with van der Waals surface area (Å²) in [7, 11) is -2.07. The van der Waals surface area contributed by atoms with E-state index in [0.717, 1.165) is 49.5 Å². The molecule has 3 aromatic rings. The van der Waals surface area contributed by atoms with E-state index in [1.807, 2.05) is 54.6 Å². The Bertz CT molecular complexity index is 1590. The van der Waals surface area contributed by atoms with E-state index in [1.54, 1.807) is 30.2 Å². The topological polar surface area (TPSA) is 114 Å². The first kappa shape index (κ1) is 33.1. The van der Waals surface area contributed by atoms with E-state index in [-0.39, 0.29) is 50.6 Å². The number of fused-ring (bicyclic) bond motifs is 1. The SMILES string of the molecule is COc1cccc(CN(C(=O)CCCN(c2ccc3c(c2)OCO3)S(C)(=O)=O)C(Cc2ccccc2)C(=O)NC2CCCCC2)c1. The van der Waals surface area contributed by atoms with Gasteiger partial charge in [0.25, 0.3) is 0 Å². The van der Waals surface area contributed by atoms with Gasteiger partial charge in [-0.25, -0.2) is 8.42 Å². The van der Waals surface area contributed by atoms with Crippen molar-refractivity contribution in [3.05, 3.63) is 83.9 Å². The number of methoxy groups -OCH3 is 1. The average molecular weight is 650 g/mol. The molecule has 0 spiro atoms. The Labute approximate surface area is 271 Å². The van der Waals surface area contributed by atoms with Crippen molar-refractivity contribution in [1.82, 2.24) is 10.2 Å². The van der Waals surface area contributed by atoms with Crippen LogP contribution in [-0.2, 0) is 32.6 Å². The highest BCUT2D eigenvalue weighted by Crippen LogP contribution is 2.36. The van der Waals surface area contributed by atoms with Crippen LogP contribution in [0.25, 0.3) is 0 Å². The number of anilines is 1. The molecule has 1 fully saturated rings. The monoisotopic (exact) mass is 649 g/mol. The van der Waals surface area contributed by atoms with Crippen LogP contribution < -0.4 is 23.8 Å². The largest absolute Gasteiger partial charge is 0.497 e. The Balaban J connectivity index is 1.39. The van der Waals surface area contributed by atoms with Gasteiger partial charge < -0.3 is 24.4 Å². The zero-order valence-corrected chi connectivity index (χ0v) is 27.3. The molecule has 0 aromatic heterocycles. The van der Waals surface area contributed by atoms with E-state index < -0.39 is 16.1 Å². The third-order valence-electron chi connectivity index (χ3n) is 8.51. The van der Waals surface area contributed by atoms with E-state index >= 15 is 0 Å². The van der Waals surface area contributed by atoms with Crippen LogP contribution in [0, 0.1) is 0 Å². The predicted molar refractivity (Wildman–Crippen MR) is 176 cm³/mol. The molecule has 3 aromatic carbocycles. The molecule has 2 aliphatic rings. The van der Waals surface area contributed by atoms with Gasteiger partial charge in [-0.05, 0) is 54.7 Å². The number of nitrogens with zero attached hydrogens (tertiary/aromatic N) is 2. The second-order valence-corrected chi connectivity index (χ2v) is 13.8. The molecule has 1 aliphatic heterocycles. The molecule has 246 valence electrons. The average Bonchev–Trinajstić information content (AvgIpc) is 3.53. The van der Waals surface area contributed by atoms with Crippen molar-refractivity contribution in [2.45, 2.75) is 70.0 Å². The highest BCUT2D eigenvalue weighted by molar-refractivity contribution is 7.92. The van der Waals surface area contributed by atoms with Gasteiger partial charge in [0.15, 0.2) is 11.5 Å². The van der Waals surface area contributed by atoms with E-state index in [2.05, 4.69) is 5.32 Å². The minimum absolute atomic E-state index is 0.0442. The maximum atomic E-state index is 14.2. The predicted octanol–water partition coefficient (Wildman–Crippen LogP) is 5.06. The van der Waals surface area contributed by atoms with Crippen LogP contribution >= 0.6 is 0 Å². The Morgan fingerprint density at radius 1 is 0.935 bits per heavy atom. The Morgan fingerprint density at radius 3 is 2.41 bits per heavy atom. The van der Waals surface area contributed by atoms with Crippen molar-refractivity contribution in [2.75, 3.05) is 31.0 Å². The molecule has 0 radical (unpaired) electrons. The lowest BCUT2D eigenvalue weighted by molar-refractivity contribution is -0.141. The molecular formula is C35H43N3O7S. The first-order valence-electron chi connectivity index (χ1n) is 15.9. The smallest absolute Gasteiger partial charge is 0.243 e. The minimum Gasteiger partial charge on any atom is -0.497 e. The molecule has 11 heteroatoms. The zero-order chi connectivity index (χ0) is 32.5. The molecule has 0 bridgehead atoms. The van der Waals surface area contributed by atoms with Crippen molar-refractivity contribution in [3.8, 4) is 17.2 Å². The molecule has 46 heavy (non-hydrogen) atoms. The lowest BCUT2D eigenvalue weighted by Gasteiger charge is -2.34. The lowest BCUT2D eigenvalue weighted by atomic mass is 9.94. The van der Waals surface area contributed by atoms with Crippen molar-refractivity contribution in [3.63, 3.8) is 0 Å². The van der Waals surface area contributed by atoms with Gasteiger partial charge >= 0.3 is 0 Å². The first-order chi connectivity index (χ1) is 22.2. The molecule has 1 aliphatic carbocycles. The molecule has 1 saturated carbocycles. The number of nitrogens with one attached hydrogen (secondary N) is 1. The van der Waals surface area contributed by atoms with Crippen LogP contribution in [0.15, 0.2) is 72.8 Å². The second kappa shape index (κ2) is 15.4. The van der Waals surface area contributed by atoms with Crippen LogP contribution in [0.2, 0.25) is 0 Å². The van der Waals surface area contributed by atoms with Gasteiger partial charge in [0.2, 0.25) is 28.6 Å². The minimum atomic E-state index is -3.66. The first-order valence-corrected chi connectivity index (χ1v) is 17.7. The number of hydrogen-bond donors (Lipinski definition) is 1. The summed E-state index contributed by atoms with van der Waals surface area (Å²) in [6.07, 6.45) is 6.93. The van der Waals surface area contributed by atoms with Crippen molar-refractivity contribution < 1.29 is 32.2 Å². The number of carbonyl (C=O) groups excluding carboxylic acids is 2. The number of amides is 2. The van der Waals surface area contributed by atoms with E-state index in [1.165, 1.54) is 4.31 Å². The summed E-state index contributed by atoms with van der Waals surface area (Å²) in [4.78, 5) is 29.8. The van der Waals surface area contributed by atoms with Gasteiger partial charge in [-0.3, -0.25) is 13.9 Å². The molecule has 1 heterocycles. The van der Waals surface area contributed by atoms with Gasteiger partial charge in [0, 0.05) is 38.0 Å². The molecule has 0 saturated heterocycles. The maximum absolute atomic E-state index is 14.2. The van der Waals surface area contributed by atoms with Crippen LogP contribution in [-0.4, -0.2) is 63.9 Å². The van der Waals surface area contributed by atoms with Crippen molar-refractivity contribution in [1.29, 1.82) is 0 Å². The highest BCUT2D eigenvalue weighted by atomic mass is 32.2. The molecule has 2 amide bonds. The fourth-order valence-corrected chi connectivity index (χ4v) is 7.07. The van der Waals surface area contributed by atoms with Crippen LogP contribution in [0.4, 0.5) is 5.69 Å². The number of rotatable bonds is 14. The number of benzene rings is 3. The summed E-state index contributed by atoms with van der Waals surface area (Å²) in [6.45, 7) is 0.353. The van der Waals surface area contributed by atoms with Crippen molar-refractivity contribution >= 4 is 27.5 Å². The van der Waals surface area contributed by atoms with Gasteiger partial charge in [0.05, 0.1) is 19.1 Å². The Morgan fingerprint density at radius 2 is 1.67 bits per heavy atom. The summed E-state index contributed by atoms with van der Waals surface area (Å²) in [5, 5.41) is 3.25. The fraction of sp³-hybridized carbons (Fsp3) is 0.429. The number of sulfonamides is 1. The Hall–Kier alpha value is -4.25. The summed E-state index contributed by atoms with van der Waals surface area (Å²) in [5.41, 5.74) is 2.20. The van der Waals surface area contributed by atoms with Gasteiger partial charge in [0.1, 0.15) is 11.8 Å². The standard InChI is InChI=1S/C35H43N3O7S/c1-43-30-16-9-13-27(21-30)24-37(31(22-26-11-5-3-6-12-26)35(40)36-28-14-7-4-8-15-28)34(39)17-10-20-38(46(2,41)42)29-18-19-32-33(23-29)45-25-44-32/h3,5-6,9,11-13,16,18-19,21,23,28,31H,4,7-8,10,14-15,17,20,22,24-25H2,1-2H3,(H,36,40). The summed E-state index contributed by atoms with van der Waals surface area (Å²) < 4.78 is 43.2. The summed E-state index contributed by atoms with van der Waals surface area (Å²) in [5.74, 6) is 1.27. The fourth-order valence-electron chi connectivity index (χ4n) is 6.11. The van der Waals surface area contributed by atoms with Gasteiger partial charge in [-0.1, -0.05) is 61.7 Å². The van der Waals surface area contributed by atoms with Crippen molar-refractivity contribution in [2.24, 2.45) is 0 Å². The quantitative estimate of drug-likeness (QED) is 0.260. The molecule has 1 unspecified atom stereocenters. The molecule has 10 nitrogen and oxygen atoms in total. The van der Waals surface area contributed by atoms with E-state index in [4.69, 9.17) is 14.2 Å². The highest BCUT2D eigenvalue weighted by Gasteiger charge is 2.32. The summed E-state index contributed by atoms with van der Waals surface area (Å²) >= 11 is 0. The Kier molecular flexibility index (Phi) is 11.1. The summed E-state index contributed by atoms with van der Waals surface area (Å²) in [6, 6.07) is 21.5. The van der Waals surface area contributed by atoms with Gasteiger partial charge in [-0.2, -0.15) is 0 Å². The molecule has 1 N–H and O–H groups in total. The second-order valence-electron chi connectivity index (χ2n) is 11.9. The van der Waals surface area contributed by atoms with Crippen LogP contribution in [0.3, 0.4) is 0 Å². The van der Waals surface area contributed by atoms with Crippen LogP contribution in [0.1, 0.15) is 56.1 Å². The van der Waals surface area contributed by atoms with Crippen LogP contribution in [0.5, 0.6) is 17.2 Å². The number of ether oxygens (including phenoxy) is 3. The molecule has 5 rings (SSSR count). The lowest BCUT2D eigenvalue weighted by Crippen LogP contribution is -2.52.